The molecule has 0 amide bonds. The highest BCUT2D eigenvalue weighted by molar-refractivity contribution is 7.47. The standard InChI is InChI=1S/C18H40NO6P.C9H19NO/c1-6-8-10-13-22-16-18(23-14-11-9-7-2)17-25-26(20,21)24-15-12-19(3,4)5;1-8(2)6-5-7-9(3,4)10(8)11/h18H,6-17H2,1-5H3;11H,5-7H2,1-4H3/p+1/t18-;/m1./s1. The molecule has 9 nitrogen and oxygen atoms in total. The first-order valence-corrected chi connectivity index (χ1v) is 15.7. The van der Waals surface area contributed by atoms with Crippen LogP contribution in [-0.2, 0) is 23.1 Å². The van der Waals surface area contributed by atoms with Gasteiger partial charge in [-0.05, 0) is 59.8 Å². The van der Waals surface area contributed by atoms with Crippen molar-refractivity contribution >= 4 is 7.82 Å². The largest absolute Gasteiger partial charge is 0.472 e. The Morgan fingerprint density at radius 3 is 1.89 bits per heavy atom. The zero-order valence-corrected chi connectivity index (χ0v) is 26.4. The van der Waals surface area contributed by atoms with Gasteiger partial charge in [0.15, 0.2) is 0 Å². The highest BCUT2D eigenvalue weighted by atomic mass is 31.2. The lowest BCUT2D eigenvalue weighted by Gasteiger charge is -2.48. The van der Waals surface area contributed by atoms with Crippen molar-refractivity contribution in [2.75, 3.05) is 60.7 Å². The molecule has 0 saturated carbocycles. The molecule has 0 aromatic rings. The van der Waals surface area contributed by atoms with E-state index in [0.29, 0.717) is 30.8 Å². The number of ether oxygens (including phenoxy) is 2. The molecule has 0 aromatic heterocycles. The summed E-state index contributed by atoms with van der Waals surface area (Å²) >= 11 is 0. The Morgan fingerprint density at radius 1 is 0.865 bits per heavy atom. The van der Waals surface area contributed by atoms with Gasteiger partial charge >= 0.3 is 7.82 Å². The van der Waals surface area contributed by atoms with E-state index >= 15 is 0 Å². The summed E-state index contributed by atoms with van der Waals surface area (Å²) in [5.41, 5.74) is -0.0799. The Labute approximate surface area is 228 Å². The number of likely N-dealkylation sites (N-methyl/N-ethyl adjacent to an activating group) is 1. The molecule has 1 heterocycles. The average Bonchev–Trinajstić information content (AvgIpc) is 2.77. The fraction of sp³-hybridized carbons (Fsp3) is 1.00. The molecule has 1 aliphatic heterocycles. The first-order valence-electron chi connectivity index (χ1n) is 14.2. The molecule has 1 aliphatic rings. The minimum Gasteiger partial charge on any atom is -0.379 e. The van der Waals surface area contributed by atoms with E-state index in [0.717, 1.165) is 51.4 Å². The smallest absolute Gasteiger partial charge is 0.379 e. The summed E-state index contributed by atoms with van der Waals surface area (Å²) in [6.07, 6.45) is 9.48. The van der Waals surface area contributed by atoms with Crippen LogP contribution < -0.4 is 0 Å². The monoisotopic (exact) mass is 555 g/mol. The van der Waals surface area contributed by atoms with Crippen LogP contribution in [0.4, 0.5) is 0 Å². The fourth-order valence-electron chi connectivity index (χ4n) is 4.04. The van der Waals surface area contributed by atoms with Crippen molar-refractivity contribution in [3.05, 3.63) is 0 Å². The third-order valence-corrected chi connectivity index (χ3v) is 7.45. The second kappa shape index (κ2) is 18.3. The Kier molecular flexibility index (Phi) is 18.2. The van der Waals surface area contributed by atoms with Crippen LogP contribution in [0.2, 0.25) is 0 Å². The van der Waals surface area contributed by atoms with Crippen molar-refractivity contribution in [2.45, 2.75) is 117 Å². The van der Waals surface area contributed by atoms with Crippen LogP contribution in [0.3, 0.4) is 0 Å². The highest BCUT2D eigenvalue weighted by Crippen LogP contribution is 2.43. The van der Waals surface area contributed by atoms with Crippen LogP contribution in [0.1, 0.15) is 99.3 Å². The van der Waals surface area contributed by atoms with Gasteiger partial charge in [0.25, 0.3) is 0 Å². The molecule has 10 heteroatoms. The quantitative estimate of drug-likeness (QED) is 0.120. The lowest BCUT2D eigenvalue weighted by Crippen LogP contribution is -2.56. The van der Waals surface area contributed by atoms with Gasteiger partial charge < -0.3 is 24.1 Å². The van der Waals surface area contributed by atoms with Gasteiger partial charge in [0, 0.05) is 24.3 Å². The maximum Gasteiger partial charge on any atom is 0.472 e. The predicted octanol–water partition coefficient (Wildman–Crippen LogP) is 6.03. The molecule has 1 rings (SSSR count). The summed E-state index contributed by atoms with van der Waals surface area (Å²) in [4.78, 5) is 9.82. The van der Waals surface area contributed by atoms with Crippen LogP contribution in [0, 0.1) is 0 Å². The van der Waals surface area contributed by atoms with Gasteiger partial charge in [-0.3, -0.25) is 9.05 Å². The number of nitrogens with zero attached hydrogens (tertiary/aromatic N) is 2. The minimum atomic E-state index is -4.07. The zero-order chi connectivity index (χ0) is 28.6. The SMILES string of the molecule is CC1(C)CCCC(C)(C)N1O.CCCCCOC[C@H](COP(=O)(O)OCC[N+](C)(C)C)OCCCCC. The molecule has 2 atom stereocenters. The third kappa shape index (κ3) is 18.8. The number of hydroxylamine groups is 2. The second-order valence-electron chi connectivity index (χ2n) is 12.4. The van der Waals surface area contributed by atoms with Crippen molar-refractivity contribution in [1.82, 2.24) is 5.06 Å². The van der Waals surface area contributed by atoms with Gasteiger partial charge in [-0.25, -0.2) is 4.57 Å². The maximum absolute atomic E-state index is 12.0. The van der Waals surface area contributed by atoms with Crippen LogP contribution in [0.15, 0.2) is 0 Å². The summed E-state index contributed by atoms with van der Waals surface area (Å²) in [6.45, 7) is 15.0. The normalized spacial score (nSPS) is 20.1. The van der Waals surface area contributed by atoms with E-state index in [-0.39, 0.29) is 30.4 Å². The molecule has 1 unspecified atom stereocenters. The van der Waals surface area contributed by atoms with E-state index in [9.17, 15) is 14.7 Å². The summed E-state index contributed by atoms with van der Waals surface area (Å²) < 4.78 is 34.2. The average molecular weight is 556 g/mol. The first-order chi connectivity index (χ1) is 17.1. The molecule has 0 radical (unpaired) electrons. The third-order valence-electron chi connectivity index (χ3n) is 6.46. The molecule has 2 N–H and O–H groups in total. The van der Waals surface area contributed by atoms with Crippen molar-refractivity contribution in [3.63, 3.8) is 0 Å². The molecule has 0 aliphatic carbocycles. The maximum atomic E-state index is 12.0. The van der Waals surface area contributed by atoms with Crippen molar-refractivity contribution in [2.24, 2.45) is 0 Å². The molecule has 0 bridgehead atoms. The topological polar surface area (TPSA) is 97.7 Å². The number of unbranched alkanes of at least 4 members (excludes halogenated alkanes) is 4. The fourth-order valence-corrected chi connectivity index (χ4v) is 4.79. The van der Waals surface area contributed by atoms with Crippen molar-refractivity contribution in [3.8, 4) is 0 Å². The van der Waals surface area contributed by atoms with E-state index in [1.54, 1.807) is 0 Å². The van der Waals surface area contributed by atoms with Crippen LogP contribution >= 0.6 is 7.82 Å². The molecule has 0 aromatic carbocycles. The second-order valence-corrected chi connectivity index (χ2v) is 13.8. The lowest BCUT2D eigenvalue weighted by atomic mass is 9.82. The van der Waals surface area contributed by atoms with E-state index in [1.165, 1.54) is 11.5 Å². The number of quaternary nitrogens is 1. The van der Waals surface area contributed by atoms with Crippen LogP contribution in [0.5, 0.6) is 0 Å². The van der Waals surface area contributed by atoms with E-state index in [1.807, 2.05) is 21.1 Å². The van der Waals surface area contributed by atoms with Crippen molar-refractivity contribution in [1.29, 1.82) is 0 Å². The molecular weight excluding hydrogens is 495 g/mol. The zero-order valence-electron chi connectivity index (χ0n) is 25.5. The summed E-state index contributed by atoms with van der Waals surface area (Å²) in [5, 5.41) is 11.3. The van der Waals surface area contributed by atoms with Gasteiger partial charge in [-0.1, -0.05) is 39.5 Å². The Hall–Kier alpha value is -0.0900. The van der Waals surface area contributed by atoms with E-state index in [4.69, 9.17) is 18.5 Å². The summed E-state index contributed by atoms with van der Waals surface area (Å²) in [5.74, 6) is 0. The van der Waals surface area contributed by atoms with Crippen molar-refractivity contribution < 1.29 is 37.7 Å². The Bertz CT molecular complexity index is 610. The van der Waals surface area contributed by atoms with Crippen LogP contribution in [0.25, 0.3) is 0 Å². The number of hydrogen-bond acceptors (Lipinski definition) is 7. The van der Waals surface area contributed by atoms with Gasteiger partial charge in [0.05, 0.1) is 34.4 Å². The number of phosphoric ester groups is 1. The number of rotatable bonds is 18. The summed E-state index contributed by atoms with van der Waals surface area (Å²) in [6, 6.07) is 0. The number of piperidine rings is 1. The van der Waals surface area contributed by atoms with Gasteiger partial charge in [-0.15, -0.1) is 0 Å². The van der Waals surface area contributed by atoms with E-state index in [2.05, 4.69) is 41.5 Å². The molecular formula is C27H60N2O7P+. The Balaban J connectivity index is 0.000000970. The molecule has 37 heavy (non-hydrogen) atoms. The van der Waals surface area contributed by atoms with Gasteiger partial charge in [-0.2, -0.15) is 5.06 Å². The molecule has 1 saturated heterocycles. The van der Waals surface area contributed by atoms with Crippen LogP contribution in [-0.4, -0.2) is 97.6 Å². The summed E-state index contributed by atoms with van der Waals surface area (Å²) in [7, 11) is 1.89. The number of hydrogen-bond donors (Lipinski definition) is 2. The molecule has 224 valence electrons. The van der Waals surface area contributed by atoms with Gasteiger partial charge in [0.1, 0.15) is 19.3 Å². The predicted molar refractivity (Wildman–Crippen MR) is 150 cm³/mol. The number of phosphoric acid groups is 1. The Morgan fingerprint density at radius 2 is 1.41 bits per heavy atom. The first kappa shape index (κ1) is 36.9. The van der Waals surface area contributed by atoms with Gasteiger partial charge in [0.2, 0.25) is 0 Å². The van der Waals surface area contributed by atoms with E-state index < -0.39 is 7.82 Å². The lowest BCUT2D eigenvalue weighted by molar-refractivity contribution is -0.870. The molecule has 0 spiro atoms. The minimum absolute atomic E-state index is 0.0158. The molecule has 1 fully saturated rings. The highest BCUT2D eigenvalue weighted by Gasteiger charge is 2.40.